The van der Waals surface area contributed by atoms with Gasteiger partial charge in [0.25, 0.3) is 0 Å². The minimum absolute atomic E-state index is 0.406. The first-order valence-electron chi connectivity index (χ1n) is 8.45. The Bertz CT molecular complexity index is 763. The first kappa shape index (κ1) is 15.7. The molecule has 3 aromatic rings. The van der Waals surface area contributed by atoms with Gasteiger partial charge in [0.15, 0.2) is 5.65 Å². The minimum Gasteiger partial charge on any atom is -0.310 e. The second kappa shape index (κ2) is 7.38. The predicted molar refractivity (Wildman–Crippen MR) is 95.3 cm³/mol. The zero-order valence-corrected chi connectivity index (χ0v) is 13.8. The number of fused-ring (bicyclic) bond motifs is 1. The maximum absolute atomic E-state index is 4.32. The summed E-state index contributed by atoms with van der Waals surface area (Å²) >= 11 is 0. The molecule has 1 unspecified atom stereocenters. The number of hydrogen-bond acceptors (Lipinski definition) is 3. The van der Waals surface area contributed by atoms with Crippen molar-refractivity contribution in [3.05, 3.63) is 48.3 Å². The van der Waals surface area contributed by atoms with Crippen LogP contribution in [0.1, 0.15) is 44.7 Å². The number of benzene rings is 1. The summed E-state index contributed by atoms with van der Waals surface area (Å²) in [6.07, 6.45) is 7.21. The zero-order chi connectivity index (χ0) is 16.1. The van der Waals surface area contributed by atoms with Gasteiger partial charge in [-0.2, -0.15) is 5.10 Å². The van der Waals surface area contributed by atoms with Crippen molar-refractivity contribution in [2.24, 2.45) is 0 Å². The van der Waals surface area contributed by atoms with Crippen molar-refractivity contribution < 1.29 is 0 Å². The molecule has 0 aliphatic heterocycles. The number of aromatic amines is 1. The normalized spacial score (nSPS) is 12.6. The lowest BCUT2D eigenvalue weighted by molar-refractivity contribution is 0.508. The van der Waals surface area contributed by atoms with E-state index < -0.39 is 0 Å². The third-order valence-electron chi connectivity index (χ3n) is 4.28. The van der Waals surface area contributed by atoms with Crippen LogP contribution in [0.5, 0.6) is 0 Å². The number of nitrogens with one attached hydrogen (secondary N) is 2. The van der Waals surface area contributed by atoms with Crippen LogP contribution in [-0.2, 0) is 0 Å². The highest BCUT2D eigenvalue weighted by Gasteiger charge is 2.11. The molecule has 1 atom stereocenters. The predicted octanol–water partition coefficient (Wildman–Crippen LogP) is 4.47. The van der Waals surface area contributed by atoms with Crippen molar-refractivity contribution in [1.29, 1.82) is 0 Å². The van der Waals surface area contributed by atoms with E-state index in [1.807, 2.05) is 12.4 Å². The lowest BCUT2D eigenvalue weighted by Crippen LogP contribution is -2.21. The molecular weight excluding hydrogens is 284 g/mol. The lowest BCUT2D eigenvalue weighted by Gasteiger charge is -2.18. The first-order chi connectivity index (χ1) is 11.3. The Kier molecular flexibility index (Phi) is 5.03. The number of rotatable bonds is 7. The van der Waals surface area contributed by atoms with Gasteiger partial charge in [-0.25, -0.2) is 4.98 Å². The monoisotopic (exact) mass is 308 g/mol. The molecule has 0 saturated heterocycles. The lowest BCUT2D eigenvalue weighted by atomic mass is 9.97. The largest absolute Gasteiger partial charge is 0.310 e. The molecule has 2 heterocycles. The van der Waals surface area contributed by atoms with Crippen LogP contribution in [0, 0.1) is 0 Å². The molecule has 0 radical (unpaired) electrons. The van der Waals surface area contributed by atoms with Crippen molar-refractivity contribution >= 4 is 11.0 Å². The number of pyridine rings is 1. The third-order valence-corrected chi connectivity index (χ3v) is 4.28. The fourth-order valence-electron chi connectivity index (χ4n) is 2.98. The van der Waals surface area contributed by atoms with Crippen LogP contribution < -0.4 is 5.32 Å². The highest BCUT2D eigenvalue weighted by Crippen LogP contribution is 2.29. The van der Waals surface area contributed by atoms with Crippen molar-refractivity contribution in [3.63, 3.8) is 0 Å². The summed E-state index contributed by atoms with van der Waals surface area (Å²) in [7, 11) is 0. The van der Waals surface area contributed by atoms with E-state index in [9.17, 15) is 0 Å². The average molecular weight is 308 g/mol. The van der Waals surface area contributed by atoms with E-state index in [-0.39, 0.29) is 0 Å². The van der Waals surface area contributed by atoms with Crippen LogP contribution in [0.3, 0.4) is 0 Å². The van der Waals surface area contributed by atoms with Crippen LogP contribution >= 0.6 is 0 Å². The van der Waals surface area contributed by atoms with E-state index >= 15 is 0 Å². The number of H-pyrrole nitrogens is 1. The fourth-order valence-corrected chi connectivity index (χ4v) is 2.98. The van der Waals surface area contributed by atoms with Gasteiger partial charge in [-0.05, 0) is 48.2 Å². The second-order valence-corrected chi connectivity index (χ2v) is 5.88. The first-order valence-corrected chi connectivity index (χ1v) is 8.45. The fraction of sp³-hybridized carbons (Fsp3) is 0.368. The average Bonchev–Trinajstić information content (AvgIpc) is 3.07. The van der Waals surface area contributed by atoms with E-state index in [1.54, 1.807) is 0 Å². The van der Waals surface area contributed by atoms with Gasteiger partial charge in [0.05, 0.1) is 6.20 Å². The molecule has 0 amide bonds. The van der Waals surface area contributed by atoms with E-state index in [4.69, 9.17) is 0 Å². The molecule has 0 saturated carbocycles. The van der Waals surface area contributed by atoms with Crippen molar-refractivity contribution in [2.45, 2.75) is 39.2 Å². The highest BCUT2D eigenvalue weighted by atomic mass is 15.1. The van der Waals surface area contributed by atoms with Crippen LogP contribution in [0.2, 0.25) is 0 Å². The Morgan fingerprint density at radius 3 is 2.96 bits per heavy atom. The van der Waals surface area contributed by atoms with E-state index in [1.165, 1.54) is 29.5 Å². The van der Waals surface area contributed by atoms with Gasteiger partial charge < -0.3 is 5.32 Å². The molecule has 0 bridgehead atoms. The summed E-state index contributed by atoms with van der Waals surface area (Å²) in [5, 5.41) is 11.8. The minimum atomic E-state index is 0.406. The summed E-state index contributed by atoms with van der Waals surface area (Å²) in [5.74, 6) is 0. The maximum Gasteiger partial charge on any atom is 0.155 e. The number of aromatic nitrogens is 3. The van der Waals surface area contributed by atoms with Gasteiger partial charge in [-0.3, -0.25) is 5.10 Å². The topological polar surface area (TPSA) is 53.6 Å². The van der Waals surface area contributed by atoms with E-state index in [2.05, 4.69) is 64.7 Å². The molecule has 0 aliphatic rings. The van der Waals surface area contributed by atoms with Crippen LogP contribution in [-0.4, -0.2) is 21.7 Å². The van der Waals surface area contributed by atoms with E-state index in [0.717, 1.165) is 24.0 Å². The molecule has 2 aromatic heterocycles. The number of unbranched alkanes of at least 4 members (excludes halogenated alkanes) is 1. The van der Waals surface area contributed by atoms with Crippen molar-refractivity contribution in [1.82, 2.24) is 20.5 Å². The van der Waals surface area contributed by atoms with Gasteiger partial charge in [-0.15, -0.1) is 0 Å². The van der Waals surface area contributed by atoms with Crippen LogP contribution in [0.4, 0.5) is 0 Å². The van der Waals surface area contributed by atoms with Crippen molar-refractivity contribution in [2.75, 3.05) is 6.54 Å². The second-order valence-electron chi connectivity index (χ2n) is 5.88. The SMILES string of the molecule is CCCCNC(CC)c1cccc(-c2ccnc3[nH]ncc23)c1. The van der Waals surface area contributed by atoms with Gasteiger partial charge in [0, 0.05) is 17.6 Å². The Labute approximate surface area is 137 Å². The molecule has 4 nitrogen and oxygen atoms in total. The summed E-state index contributed by atoms with van der Waals surface area (Å²) < 4.78 is 0. The molecule has 1 aromatic carbocycles. The summed E-state index contributed by atoms with van der Waals surface area (Å²) in [4.78, 5) is 4.32. The van der Waals surface area contributed by atoms with Gasteiger partial charge in [-0.1, -0.05) is 38.5 Å². The molecule has 0 fully saturated rings. The number of nitrogens with zero attached hydrogens (tertiary/aromatic N) is 2. The maximum atomic E-state index is 4.32. The molecule has 120 valence electrons. The zero-order valence-electron chi connectivity index (χ0n) is 13.8. The van der Waals surface area contributed by atoms with Crippen LogP contribution in [0.25, 0.3) is 22.2 Å². The third kappa shape index (κ3) is 3.42. The summed E-state index contributed by atoms with van der Waals surface area (Å²) in [5.41, 5.74) is 4.57. The highest BCUT2D eigenvalue weighted by molar-refractivity contribution is 5.92. The molecule has 2 N–H and O–H groups in total. The molecule has 0 aliphatic carbocycles. The molecule has 23 heavy (non-hydrogen) atoms. The Hall–Kier alpha value is -2.20. The quantitative estimate of drug-likeness (QED) is 0.633. The summed E-state index contributed by atoms with van der Waals surface area (Å²) in [6, 6.07) is 11.3. The molecular formula is C19H24N4. The van der Waals surface area contributed by atoms with Gasteiger partial charge in [0.2, 0.25) is 0 Å². The smallest absolute Gasteiger partial charge is 0.155 e. The Morgan fingerprint density at radius 2 is 2.13 bits per heavy atom. The Balaban J connectivity index is 1.91. The van der Waals surface area contributed by atoms with Gasteiger partial charge >= 0.3 is 0 Å². The van der Waals surface area contributed by atoms with Gasteiger partial charge in [0.1, 0.15) is 0 Å². The Morgan fingerprint density at radius 1 is 1.22 bits per heavy atom. The van der Waals surface area contributed by atoms with Crippen LogP contribution in [0.15, 0.2) is 42.7 Å². The molecule has 4 heteroatoms. The molecule has 0 spiro atoms. The standard InChI is InChI=1S/C19H24N4/c1-3-5-10-20-18(4-2)15-8-6-7-14(12-15)16-9-11-21-19-17(16)13-22-23-19/h6-9,11-13,18,20H,3-5,10H2,1-2H3,(H,21,22,23). The number of hydrogen-bond donors (Lipinski definition) is 2. The summed E-state index contributed by atoms with van der Waals surface area (Å²) in [6.45, 7) is 5.53. The van der Waals surface area contributed by atoms with Crippen molar-refractivity contribution in [3.8, 4) is 11.1 Å². The van der Waals surface area contributed by atoms with E-state index in [0.29, 0.717) is 6.04 Å². The molecule has 3 rings (SSSR count).